The number of ether oxygens (including phenoxy) is 1. The maximum absolute atomic E-state index is 12.3. The molecule has 21 heavy (non-hydrogen) atoms. The highest BCUT2D eigenvalue weighted by Crippen LogP contribution is 2.29. The molecule has 1 heterocycles. The van der Waals surface area contributed by atoms with Crippen LogP contribution in [0.2, 0.25) is 5.02 Å². The van der Waals surface area contributed by atoms with Crippen molar-refractivity contribution < 1.29 is 19.4 Å². The molecule has 0 spiro atoms. The standard InChI is InChI=1S/C14H12ClNO4S/c1-7-5-10(14(18)19)13(21-7)16-12(17)9-6-8(15)3-4-11(9)20-2/h3-6H,1-2H3,(H,16,17)(H,18,19). The Kier molecular flexibility index (Phi) is 4.50. The number of carbonyl (C=O) groups excluding carboxylic acids is 1. The third-order valence-electron chi connectivity index (χ3n) is 2.72. The van der Waals surface area contributed by atoms with Crippen LogP contribution in [0.1, 0.15) is 25.6 Å². The number of benzene rings is 1. The van der Waals surface area contributed by atoms with Gasteiger partial charge in [-0.15, -0.1) is 11.3 Å². The molecule has 0 atom stereocenters. The summed E-state index contributed by atoms with van der Waals surface area (Å²) in [6.45, 7) is 1.77. The molecular weight excluding hydrogens is 314 g/mol. The number of methoxy groups -OCH3 is 1. The van der Waals surface area contributed by atoms with E-state index in [9.17, 15) is 9.59 Å². The van der Waals surface area contributed by atoms with Crippen molar-refractivity contribution in [3.8, 4) is 5.75 Å². The maximum atomic E-state index is 12.3. The highest BCUT2D eigenvalue weighted by atomic mass is 35.5. The van der Waals surface area contributed by atoms with Gasteiger partial charge in [-0.3, -0.25) is 4.79 Å². The number of carbonyl (C=O) groups is 2. The van der Waals surface area contributed by atoms with Gasteiger partial charge in [-0.25, -0.2) is 4.79 Å². The molecule has 110 valence electrons. The number of carboxylic acids is 1. The molecule has 0 fully saturated rings. The van der Waals surface area contributed by atoms with Crippen LogP contribution in [0.25, 0.3) is 0 Å². The van der Waals surface area contributed by atoms with Crippen molar-refractivity contribution >= 4 is 39.8 Å². The van der Waals surface area contributed by atoms with Gasteiger partial charge in [0.2, 0.25) is 0 Å². The first-order valence-electron chi connectivity index (χ1n) is 5.91. The molecule has 5 nitrogen and oxygen atoms in total. The quantitative estimate of drug-likeness (QED) is 0.899. The fourth-order valence-corrected chi connectivity index (χ4v) is 2.86. The van der Waals surface area contributed by atoms with Crippen molar-refractivity contribution in [1.29, 1.82) is 0 Å². The van der Waals surface area contributed by atoms with E-state index < -0.39 is 11.9 Å². The number of thiophene rings is 1. The zero-order chi connectivity index (χ0) is 15.6. The molecule has 2 rings (SSSR count). The molecule has 2 N–H and O–H groups in total. The average Bonchev–Trinajstić information content (AvgIpc) is 2.79. The SMILES string of the molecule is COc1ccc(Cl)cc1C(=O)Nc1sc(C)cc1C(=O)O. The molecule has 2 aromatic rings. The lowest BCUT2D eigenvalue weighted by Gasteiger charge is -2.09. The van der Waals surface area contributed by atoms with E-state index >= 15 is 0 Å². The molecule has 1 aromatic heterocycles. The second-order valence-corrected chi connectivity index (χ2v) is 5.90. The van der Waals surface area contributed by atoms with E-state index in [1.165, 1.54) is 30.6 Å². The van der Waals surface area contributed by atoms with Gasteiger partial charge in [-0.1, -0.05) is 11.6 Å². The number of hydrogen-bond donors (Lipinski definition) is 2. The Labute approximate surface area is 130 Å². The second kappa shape index (κ2) is 6.15. The zero-order valence-electron chi connectivity index (χ0n) is 11.3. The van der Waals surface area contributed by atoms with Crippen molar-refractivity contribution in [2.75, 3.05) is 12.4 Å². The molecule has 7 heteroatoms. The van der Waals surface area contributed by atoms with Crippen LogP contribution in [0.5, 0.6) is 5.75 Å². The molecule has 0 aliphatic heterocycles. The monoisotopic (exact) mass is 325 g/mol. The highest BCUT2D eigenvalue weighted by Gasteiger charge is 2.19. The summed E-state index contributed by atoms with van der Waals surface area (Å²) < 4.78 is 5.11. The molecular formula is C14H12ClNO4S. The minimum atomic E-state index is -1.09. The number of aromatic carboxylic acids is 1. The Morgan fingerprint density at radius 3 is 2.62 bits per heavy atom. The lowest BCUT2D eigenvalue weighted by Crippen LogP contribution is -2.14. The molecule has 0 saturated carbocycles. The predicted molar refractivity (Wildman–Crippen MR) is 82.0 cm³/mol. The number of rotatable bonds is 4. The second-order valence-electron chi connectivity index (χ2n) is 4.20. The number of amides is 1. The largest absolute Gasteiger partial charge is 0.496 e. The van der Waals surface area contributed by atoms with Crippen LogP contribution < -0.4 is 10.1 Å². The van der Waals surface area contributed by atoms with Gasteiger partial charge >= 0.3 is 5.97 Å². The fraction of sp³-hybridized carbons (Fsp3) is 0.143. The van der Waals surface area contributed by atoms with Gasteiger partial charge in [0.15, 0.2) is 0 Å². The number of nitrogens with one attached hydrogen (secondary N) is 1. The van der Waals surface area contributed by atoms with E-state index in [0.717, 1.165) is 4.88 Å². The molecule has 0 aliphatic carbocycles. The first kappa shape index (κ1) is 15.3. The van der Waals surface area contributed by atoms with E-state index in [2.05, 4.69) is 5.32 Å². The Hall–Kier alpha value is -2.05. The number of hydrogen-bond acceptors (Lipinski definition) is 4. The van der Waals surface area contributed by atoms with Crippen LogP contribution in [-0.2, 0) is 0 Å². The van der Waals surface area contributed by atoms with Crippen LogP contribution in [0.3, 0.4) is 0 Å². The fourth-order valence-electron chi connectivity index (χ4n) is 1.79. The molecule has 0 aliphatic rings. The van der Waals surface area contributed by atoms with Gasteiger partial charge in [-0.05, 0) is 31.2 Å². The highest BCUT2D eigenvalue weighted by molar-refractivity contribution is 7.16. The Morgan fingerprint density at radius 1 is 1.29 bits per heavy atom. The van der Waals surface area contributed by atoms with Crippen molar-refractivity contribution in [3.05, 3.63) is 45.3 Å². The number of carboxylic acid groups (broad SMARTS) is 1. The summed E-state index contributed by atoms with van der Waals surface area (Å²) in [5.74, 6) is -1.20. The van der Waals surface area contributed by atoms with Crippen LogP contribution in [-0.4, -0.2) is 24.1 Å². The number of halogens is 1. The molecule has 0 bridgehead atoms. The smallest absolute Gasteiger partial charge is 0.338 e. The van der Waals surface area contributed by atoms with E-state index in [0.29, 0.717) is 10.8 Å². The molecule has 0 radical (unpaired) electrons. The molecule has 0 unspecified atom stereocenters. The van der Waals surface area contributed by atoms with Crippen LogP contribution >= 0.6 is 22.9 Å². The minimum absolute atomic E-state index is 0.0619. The third kappa shape index (κ3) is 3.34. The summed E-state index contributed by atoms with van der Waals surface area (Å²) in [6.07, 6.45) is 0. The summed E-state index contributed by atoms with van der Waals surface area (Å²) in [7, 11) is 1.44. The first-order valence-corrected chi connectivity index (χ1v) is 7.10. The number of aryl methyl sites for hydroxylation is 1. The van der Waals surface area contributed by atoms with Gasteiger partial charge < -0.3 is 15.2 Å². The normalized spacial score (nSPS) is 10.2. The van der Waals surface area contributed by atoms with E-state index in [1.807, 2.05) is 0 Å². The van der Waals surface area contributed by atoms with Gasteiger partial charge in [-0.2, -0.15) is 0 Å². The average molecular weight is 326 g/mol. The van der Waals surface area contributed by atoms with E-state index in [1.54, 1.807) is 19.1 Å². The summed E-state index contributed by atoms with van der Waals surface area (Å²) in [4.78, 5) is 24.2. The van der Waals surface area contributed by atoms with Crippen LogP contribution in [0.4, 0.5) is 5.00 Å². The summed E-state index contributed by atoms with van der Waals surface area (Å²) in [5.41, 5.74) is 0.305. The third-order valence-corrected chi connectivity index (χ3v) is 3.92. The van der Waals surface area contributed by atoms with E-state index in [4.69, 9.17) is 21.4 Å². The van der Waals surface area contributed by atoms with E-state index in [-0.39, 0.29) is 16.1 Å². The lowest BCUT2D eigenvalue weighted by molar-refractivity contribution is 0.0698. The summed E-state index contributed by atoms with van der Waals surface area (Å²) >= 11 is 7.08. The lowest BCUT2D eigenvalue weighted by atomic mass is 10.2. The first-order chi connectivity index (χ1) is 9.92. The summed E-state index contributed by atoms with van der Waals surface area (Å²) in [5, 5.41) is 12.4. The van der Waals surface area contributed by atoms with Gasteiger partial charge in [0.05, 0.1) is 18.2 Å². The molecule has 0 saturated heterocycles. The number of anilines is 1. The van der Waals surface area contributed by atoms with Crippen molar-refractivity contribution in [3.63, 3.8) is 0 Å². The zero-order valence-corrected chi connectivity index (χ0v) is 12.8. The van der Waals surface area contributed by atoms with Gasteiger partial charge in [0, 0.05) is 9.90 Å². The maximum Gasteiger partial charge on any atom is 0.338 e. The topological polar surface area (TPSA) is 75.6 Å². The van der Waals surface area contributed by atoms with Gasteiger partial charge in [0.25, 0.3) is 5.91 Å². The van der Waals surface area contributed by atoms with Crippen molar-refractivity contribution in [2.45, 2.75) is 6.92 Å². The van der Waals surface area contributed by atoms with Crippen LogP contribution in [0, 0.1) is 6.92 Å². The van der Waals surface area contributed by atoms with Gasteiger partial charge in [0.1, 0.15) is 10.8 Å². The van der Waals surface area contributed by atoms with Crippen molar-refractivity contribution in [1.82, 2.24) is 0 Å². The Bertz CT molecular complexity index is 711. The Morgan fingerprint density at radius 2 is 2.00 bits per heavy atom. The molecule has 1 aromatic carbocycles. The van der Waals surface area contributed by atoms with Crippen LogP contribution in [0.15, 0.2) is 24.3 Å². The Balaban J connectivity index is 2.34. The molecule has 1 amide bonds. The van der Waals surface area contributed by atoms with Crippen molar-refractivity contribution in [2.24, 2.45) is 0 Å². The summed E-state index contributed by atoms with van der Waals surface area (Å²) in [6, 6.07) is 6.17. The predicted octanol–water partition coefficient (Wildman–Crippen LogP) is 3.67. The minimum Gasteiger partial charge on any atom is -0.496 e.